The second-order valence-corrected chi connectivity index (χ2v) is 7.21. The van der Waals surface area contributed by atoms with Crippen LogP contribution in [0.4, 0.5) is 5.13 Å². The molecule has 2 fully saturated rings. The van der Waals surface area contributed by atoms with Crippen LogP contribution in [0, 0.1) is 0 Å². The standard InChI is InChI=1S/C15H26N4OS.ClH/c16-15-17-11-14(21-15)12-19-7-3-13(4-8-19)20-10-9-18-5-1-2-6-18;/h11,13H,1-10,12H2,(H2,16,17);1H. The van der Waals surface area contributed by atoms with Crippen molar-refractivity contribution in [3.8, 4) is 0 Å². The van der Waals surface area contributed by atoms with Crippen LogP contribution in [-0.2, 0) is 11.3 Å². The number of halogens is 1. The SMILES string of the molecule is Cl.Nc1ncc(CN2CCC(OCCN3CCCC3)CC2)s1. The van der Waals surface area contributed by atoms with Crippen LogP contribution in [0.2, 0.25) is 0 Å². The molecule has 3 rings (SSSR count). The fourth-order valence-corrected chi connectivity index (χ4v) is 3.93. The first kappa shape index (κ1) is 17.9. The molecule has 2 aliphatic heterocycles. The highest BCUT2D eigenvalue weighted by atomic mass is 35.5. The third kappa shape index (κ3) is 5.35. The van der Waals surface area contributed by atoms with Crippen molar-refractivity contribution in [3.63, 3.8) is 0 Å². The molecule has 0 radical (unpaired) electrons. The minimum Gasteiger partial charge on any atom is -0.377 e. The molecule has 0 spiro atoms. The van der Waals surface area contributed by atoms with Crippen molar-refractivity contribution in [1.29, 1.82) is 0 Å². The molecule has 2 saturated heterocycles. The highest BCUT2D eigenvalue weighted by Crippen LogP contribution is 2.20. The van der Waals surface area contributed by atoms with Gasteiger partial charge < -0.3 is 15.4 Å². The number of thiazole rings is 1. The largest absolute Gasteiger partial charge is 0.377 e. The Hall–Kier alpha value is -0.400. The average molecular weight is 347 g/mol. The average Bonchev–Trinajstić information content (AvgIpc) is 3.13. The Morgan fingerprint density at radius 1 is 1.18 bits per heavy atom. The van der Waals surface area contributed by atoms with Crippen LogP contribution >= 0.6 is 23.7 Å². The number of hydrogen-bond acceptors (Lipinski definition) is 6. The van der Waals surface area contributed by atoms with Crippen molar-refractivity contribution in [2.24, 2.45) is 0 Å². The monoisotopic (exact) mass is 346 g/mol. The van der Waals surface area contributed by atoms with Gasteiger partial charge in [-0.3, -0.25) is 4.90 Å². The van der Waals surface area contributed by atoms with Crippen molar-refractivity contribution in [2.75, 3.05) is 45.1 Å². The smallest absolute Gasteiger partial charge is 0.180 e. The summed E-state index contributed by atoms with van der Waals surface area (Å²) in [5, 5.41) is 0.671. The maximum Gasteiger partial charge on any atom is 0.180 e. The van der Waals surface area contributed by atoms with Gasteiger partial charge in [0.05, 0.1) is 12.7 Å². The van der Waals surface area contributed by atoms with Gasteiger partial charge in [0.25, 0.3) is 0 Å². The maximum absolute atomic E-state index is 6.05. The lowest BCUT2D eigenvalue weighted by molar-refractivity contribution is -0.000992. The Kier molecular flexibility index (Phi) is 7.37. The van der Waals surface area contributed by atoms with Crippen LogP contribution in [0.25, 0.3) is 0 Å². The molecule has 0 atom stereocenters. The lowest BCUT2D eigenvalue weighted by Gasteiger charge is -2.31. The number of nitrogen functional groups attached to an aromatic ring is 1. The van der Waals surface area contributed by atoms with E-state index in [1.165, 1.54) is 30.8 Å². The molecule has 5 nitrogen and oxygen atoms in total. The summed E-state index contributed by atoms with van der Waals surface area (Å²) in [7, 11) is 0. The number of nitrogens with zero attached hydrogens (tertiary/aromatic N) is 3. The molecule has 7 heteroatoms. The molecule has 2 N–H and O–H groups in total. The van der Waals surface area contributed by atoms with Crippen LogP contribution in [0.15, 0.2) is 6.20 Å². The molecule has 0 aromatic carbocycles. The molecule has 2 aliphatic rings. The Morgan fingerprint density at radius 2 is 1.91 bits per heavy atom. The highest BCUT2D eigenvalue weighted by Gasteiger charge is 2.20. The van der Waals surface area contributed by atoms with E-state index in [2.05, 4.69) is 14.8 Å². The van der Waals surface area contributed by atoms with E-state index in [4.69, 9.17) is 10.5 Å². The first-order chi connectivity index (χ1) is 10.3. The molecular weight excluding hydrogens is 320 g/mol. The summed E-state index contributed by atoms with van der Waals surface area (Å²) >= 11 is 1.60. The lowest BCUT2D eigenvalue weighted by Crippen LogP contribution is -2.37. The molecule has 0 bridgehead atoms. The van der Waals surface area contributed by atoms with E-state index in [1.807, 2.05) is 6.20 Å². The molecule has 126 valence electrons. The van der Waals surface area contributed by atoms with Crippen molar-refractivity contribution >= 4 is 28.9 Å². The van der Waals surface area contributed by atoms with E-state index < -0.39 is 0 Å². The van der Waals surface area contributed by atoms with Crippen molar-refractivity contribution in [3.05, 3.63) is 11.1 Å². The second-order valence-electron chi connectivity index (χ2n) is 6.06. The fourth-order valence-electron chi connectivity index (χ4n) is 3.20. The fraction of sp³-hybridized carbons (Fsp3) is 0.800. The first-order valence-electron chi connectivity index (χ1n) is 8.06. The molecule has 1 aromatic heterocycles. The quantitative estimate of drug-likeness (QED) is 0.856. The number of likely N-dealkylation sites (tertiary alicyclic amines) is 2. The third-order valence-corrected chi connectivity index (χ3v) is 5.26. The third-order valence-electron chi connectivity index (χ3n) is 4.45. The highest BCUT2D eigenvalue weighted by molar-refractivity contribution is 7.15. The van der Waals surface area contributed by atoms with E-state index in [0.29, 0.717) is 11.2 Å². The van der Waals surface area contributed by atoms with E-state index in [9.17, 15) is 0 Å². The molecule has 22 heavy (non-hydrogen) atoms. The summed E-state index contributed by atoms with van der Waals surface area (Å²) in [5.41, 5.74) is 5.68. The second kappa shape index (κ2) is 9.03. The van der Waals surface area contributed by atoms with E-state index in [-0.39, 0.29) is 12.4 Å². The Bertz CT molecular complexity index is 431. The van der Waals surface area contributed by atoms with Crippen LogP contribution in [0.1, 0.15) is 30.6 Å². The van der Waals surface area contributed by atoms with E-state index in [1.54, 1.807) is 11.3 Å². The first-order valence-corrected chi connectivity index (χ1v) is 8.88. The molecule has 0 aliphatic carbocycles. The van der Waals surface area contributed by atoms with E-state index in [0.717, 1.165) is 45.6 Å². The molecule has 1 aromatic rings. The Balaban J connectivity index is 0.00000176. The molecule has 0 unspecified atom stereocenters. The Labute approximate surface area is 143 Å². The molecule has 0 saturated carbocycles. The van der Waals surface area contributed by atoms with Crippen LogP contribution < -0.4 is 5.73 Å². The minimum absolute atomic E-state index is 0. The summed E-state index contributed by atoms with van der Waals surface area (Å²) in [5.74, 6) is 0. The number of anilines is 1. The van der Waals surface area contributed by atoms with Crippen LogP contribution in [-0.4, -0.2) is 60.2 Å². The van der Waals surface area contributed by atoms with Gasteiger partial charge in [-0.05, 0) is 38.8 Å². The normalized spacial score (nSPS) is 21.1. The number of nitrogens with two attached hydrogens (primary N) is 1. The lowest BCUT2D eigenvalue weighted by atomic mass is 10.1. The van der Waals surface area contributed by atoms with Crippen molar-refractivity contribution in [1.82, 2.24) is 14.8 Å². The van der Waals surface area contributed by atoms with Crippen molar-refractivity contribution < 1.29 is 4.74 Å². The summed E-state index contributed by atoms with van der Waals surface area (Å²) in [6.07, 6.45) is 7.37. The summed E-state index contributed by atoms with van der Waals surface area (Å²) < 4.78 is 6.05. The van der Waals surface area contributed by atoms with Gasteiger partial charge >= 0.3 is 0 Å². The van der Waals surface area contributed by atoms with Gasteiger partial charge in [0.1, 0.15) is 0 Å². The summed E-state index contributed by atoms with van der Waals surface area (Å²) in [6, 6.07) is 0. The zero-order valence-corrected chi connectivity index (χ0v) is 14.7. The maximum atomic E-state index is 6.05. The van der Waals surface area contributed by atoms with Crippen molar-refractivity contribution in [2.45, 2.75) is 38.3 Å². The molecular formula is C15H27ClN4OS. The summed E-state index contributed by atoms with van der Waals surface area (Å²) in [4.78, 5) is 10.4. The number of hydrogen-bond donors (Lipinski definition) is 1. The van der Waals surface area contributed by atoms with E-state index >= 15 is 0 Å². The number of aromatic nitrogens is 1. The number of rotatable bonds is 6. The zero-order valence-electron chi connectivity index (χ0n) is 13.1. The van der Waals surface area contributed by atoms with Gasteiger partial charge in [-0.1, -0.05) is 0 Å². The van der Waals surface area contributed by atoms with Gasteiger partial charge in [-0.2, -0.15) is 0 Å². The molecule has 3 heterocycles. The number of ether oxygens (including phenoxy) is 1. The minimum atomic E-state index is 0. The molecule has 0 amide bonds. The van der Waals surface area contributed by atoms with Crippen LogP contribution in [0.5, 0.6) is 0 Å². The Morgan fingerprint density at radius 3 is 2.55 bits per heavy atom. The van der Waals surface area contributed by atoms with Gasteiger partial charge in [0.15, 0.2) is 5.13 Å². The summed E-state index contributed by atoms with van der Waals surface area (Å²) in [6.45, 7) is 7.75. The van der Waals surface area contributed by atoms with Crippen LogP contribution in [0.3, 0.4) is 0 Å². The van der Waals surface area contributed by atoms with Gasteiger partial charge in [-0.25, -0.2) is 4.98 Å². The predicted molar refractivity (Wildman–Crippen MR) is 93.7 cm³/mol. The topological polar surface area (TPSA) is 54.6 Å². The van der Waals surface area contributed by atoms with Gasteiger partial charge in [0, 0.05) is 37.3 Å². The number of piperidine rings is 1. The zero-order chi connectivity index (χ0) is 14.5. The van der Waals surface area contributed by atoms with Gasteiger partial charge in [-0.15, -0.1) is 23.7 Å². The predicted octanol–water partition coefficient (Wildman–Crippen LogP) is 2.22. The van der Waals surface area contributed by atoms with Gasteiger partial charge in [0.2, 0.25) is 0 Å².